The fourth-order valence-corrected chi connectivity index (χ4v) is 7.25. The molecule has 0 aliphatic carbocycles. The third-order valence-electron chi connectivity index (χ3n) is 11.1. The first kappa shape index (κ1) is 53.3. The first-order valence-electron chi connectivity index (χ1n) is 23.9. The van der Waals surface area contributed by atoms with Gasteiger partial charge in [-0.25, -0.2) is 0 Å². The number of ether oxygens (including phenoxy) is 1. The molecular weight excluding hydrogens is 911 g/mol. The van der Waals surface area contributed by atoms with Crippen molar-refractivity contribution in [3.63, 3.8) is 0 Å². The highest BCUT2D eigenvalue weighted by atomic mass is 16.5. The van der Waals surface area contributed by atoms with Gasteiger partial charge in [0, 0.05) is 78.7 Å². The lowest BCUT2D eigenvalue weighted by Crippen LogP contribution is -2.08. The summed E-state index contributed by atoms with van der Waals surface area (Å²) in [5.74, 6) is 0.887. The molecule has 0 radical (unpaired) electrons. The van der Waals surface area contributed by atoms with E-state index in [2.05, 4.69) is 39.6 Å². The summed E-state index contributed by atoms with van der Waals surface area (Å²) in [7, 11) is 1.84. The van der Waals surface area contributed by atoms with Crippen LogP contribution in [0.2, 0.25) is 0 Å². The number of allylic oxidation sites excluding steroid dienone is 4. The highest BCUT2D eigenvalue weighted by molar-refractivity contribution is 5.97. The maximum absolute atomic E-state index is 12.2. The molecule has 5 aromatic carbocycles. The second-order valence-electron chi connectivity index (χ2n) is 17.5. The summed E-state index contributed by atoms with van der Waals surface area (Å²) in [4.78, 5) is 36.2. The van der Waals surface area contributed by atoms with Gasteiger partial charge in [-0.2, -0.15) is 15.3 Å². The van der Waals surface area contributed by atoms with Gasteiger partial charge in [0.15, 0.2) is 17.3 Å². The molecule has 13 heteroatoms. The molecule has 0 atom stereocenters. The fourth-order valence-electron chi connectivity index (χ4n) is 7.25. The molecule has 8 rings (SSSR count). The van der Waals surface area contributed by atoms with Crippen molar-refractivity contribution in [1.29, 1.82) is 0 Å². The fraction of sp³-hybridized carbons (Fsp3) is 0.167. The second-order valence-corrected chi connectivity index (χ2v) is 17.5. The molecule has 0 spiro atoms. The van der Waals surface area contributed by atoms with Gasteiger partial charge in [-0.1, -0.05) is 97.1 Å². The molecule has 3 aromatic heterocycles. The molecule has 0 saturated carbocycles. The smallest absolute Gasteiger partial charge is 0.160 e. The van der Waals surface area contributed by atoms with Crippen molar-refractivity contribution in [2.24, 2.45) is 7.05 Å². The minimum Gasteiger partial charge on any atom is -0.492 e. The number of nitrogens with zero attached hydrogens (tertiary/aromatic N) is 6. The van der Waals surface area contributed by atoms with Gasteiger partial charge < -0.3 is 21.9 Å². The van der Waals surface area contributed by atoms with Gasteiger partial charge in [-0.05, 0) is 127 Å². The van der Waals surface area contributed by atoms with E-state index >= 15 is 0 Å². The zero-order chi connectivity index (χ0) is 52.0. The topological polar surface area (TPSA) is 192 Å². The standard InChI is InChI=1S/C23H23N3O.C22H23N3O2.C15H17N3O/c1-18-9-11-21(23(24)14-18)15-22(27)12-10-20-16-25-26(17-20)13-5-8-19-6-3-2-4-7-19;1-17-7-9-19(22(23)13-17)14-20(26)10-8-18-15-24-25(16-18)11-12-27-21-5-3-2-4-6-21;1-11-3-5-13(15(16)7-11)8-14(19)6-4-12-9-17-18(2)10-12/h2-12,14,16-17H,13,15,24H2,1H3;2-10,13,15-16H,11-12,14,23H2,1H3;3-7,9-10H,8,16H2,1-2H3/b8-5+,12-10+;10-8+;6-4+. The molecule has 0 amide bonds. The molecule has 3 heterocycles. The van der Waals surface area contributed by atoms with Gasteiger partial charge in [-0.3, -0.25) is 28.4 Å². The van der Waals surface area contributed by atoms with E-state index in [1.54, 1.807) is 64.4 Å². The first-order valence-corrected chi connectivity index (χ1v) is 23.9. The molecule has 0 unspecified atom stereocenters. The largest absolute Gasteiger partial charge is 0.492 e. The van der Waals surface area contributed by atoms with E-state index in [4.69, 9.17) is 21.9 Å². The SMILES string of the molecule is Cc1ccc(CC(=O)/C=C/c2cnn(C)c2)c(N)c1.Cc1ccc(CC(=O)/C=C/c2cnn(C/C=C/c3ccccc3)c2)c(N)c1.Cc1ccc(CC(=O)/C=C/c2cnn(CCOc3ccccc3)c2)c(N)c1. The number of nitrogen functional groups attached to an aromatic ring is 3. The Bertz CT molecular complexity index is 3200. The van der Waals surface area contributed by atoms with Gasteiger partial charge in [-0.15, -0.1) is 0 Å². The van der Waals surface area contributed by atoms with E-state index in [9.17, 15) is 14.4 Å². The number of para-hydroxylation sites is 1. The van der Waals surface area contributed by atoms with Crippen LogP contribution in [0.25, 0.3) is 24.3 Å². The van der Waals surface area contributed by atoms with Crippen molar-refractivity contribution >= 4 is 58.7 Å². The highest BCUT2D eigenvalue weighted by Crippen LogP contribution is 2.18. The van der Waals surface area contributed by atoms with E-state index in [0.717, 1.165) is 61.4 Å². The lowest BCUT2D eigenvalue weighted by Gasteiger charge is -2.05. The van der Waals surface area contributed by atoms with E-state index < -0.39 is 0 Å². The first-order chi connectivity index (χ1) is 35.2. The molecule has 8 aromatic rings. The molecule has 0 aliphatic rings. The summed E-state index contributed by atoms with van der Waals surface area (Å²) in [5.41, 5.74) is 29.5. The average molecular weight is 974 g/mol. The van der Waals surface area contributed by atoms with Crippen LogP contribution in [-0.2, 0) is 53.8 Å². The minimum atomic E-state index is 0.00529. The third kappa shape index (κ3) is 18.6. The van der Waals surface area contributed by atoms with Crippen LogP contribution in [0.15, 0.2) is 177 Å². The van der Waals surface area contributed by atoms with Crippen LogP contribution >= 0.6 is 0 Å². The molecule has 0 fully saturated rings. The van der Waals surface area contributed by atoms with Crippen molar-refractivity contribution in [3.8, 4) is 5.75 Å². The van der Waals surface area contributed by atoms with Gasteiger partial charge in [0.25, 0.3) is 0 Å². The zero-order valence-electron chi connectivity index (χ0n) is 41.8. The molecule has 73 heavy (non-hydrogen) atoms. The maximum Gasteiger partial charge on any atom is 0.160 e. The monoisotopic (exact) mass is 974 g/mol. The second kappa shape index (κ2) is 27.3. The number of carbonyl (C=O) groups excluding carboxylic acids is 3. The van der Waals surface area contributed by atoms with Crippen LogP contribution in [0, 0.1) is 20.8 Å². The molecule has 0 bridgehead atoms. The Kier molecular flexibility index (Phi) is 19.9. The number of carbonyl (C=O) groups is 3. The summed E-state index contributed by atoms with van der Waals surface area (Å²) in [6, 6.07) is 37.1. The van der Waals surface area contributed by atoms with Gasteiger partial charge in [0.05, 0.1) is 31.7 Å². The van der Waals surface area contributed by atoms with Crippen LogP contribution in [0.4, 0.5) is 17.1 Å². The van der Waals surface area contributed by atoms with E-state index in [1.165, 1.54) is 0 Å². The van der Waals surface area contributed by atoms with Crippen molar-refractivity contribution in [3.05, 3.63) is 232 Å². The van der Waals surface area contributed by atoms with Crippen LogP contribution in [0.3, 0.4) is 0 Å². The van der Waals surface area contributed by atoms with Crippen molar-refractivity contribution in [2.45, 2.75) is 53.1 Å². The third-order valence-corrected chi connectivity index (χ3v) is 11.1. The van der Waals surface area contributed by atoms with Crippen molar-refractivity contribution in [2.75, 3.05) is 23.8 Å². The van der Waals surface area contributed by atoms with Crippen LogP contribution in [0.1, 0.15) is 55.6 Å². The van der Waals surface area contributed by atoms with Crippen molar-refractivity contribution in [1.82, 2.24) is 29.3 Å². The predicted octanol–water partition coefficient (Wildman–Crippen LogP) is 10.1. The average Bonchev–Trinajstić information content (AvgIpc) is 4.15. The van der Waals surface area contributed by atoms with Gasteiger partial charge in [0.1, 0.15) is 12.4 Å². The van der Waals surface area contributed by atoms with E-state index in [-0.39, 0.29) is 17.3 Å². The Morgan fingerprint density at radius 3 is 1.38 bits per heavy atom. The summed E-state index contributed by atoms with van der Waals surface area (Å²) < 4.78 is 11.0. The number of aryl methyl sites for hydroxylation is 4. The highest BCUT2D eigenvalue weighted by Gasteiger charge is 2.08. The number of aromatic nitrogens is 6. The van der Waals surface area contributed by atoms with Crippen molar-refractivity contribution < 1.29 is 19.1 Å². The lowest BCUT2D eigenvalue weighted by molar-refractivity contribution is -0.114. The van der Waals surface area contributed by atoms with E-state index in [0.29, 0.717) is 56.0 Å². The van der Waals surface area contributed by atoms with Crippen LogP contribution in [-0.4, -0.2) is 53.3 Å². The number of hydrogen-bond acceptors (Lipinski definition) is 10. The number of anilines is 3. The summed E-state index contributed by atoms with van der Waals surface area (Å²) >= 11 is 0. The van der Waals surface area contributed by atoms with E-state index in [1.807, 2.05) is 154 Å². The Labute approximate surface area is 427 Å². The molecule has 372 valence electrons. The zero-order valence-corrected chi connectivity index (χ0v) is 41.8. The normalized spacial score (nSPS) is 11.2. The van der Waals surface area contributed by atoms with Gasteiger partial charge in [0.2, 0.25) is 0 Å². The molecule has 6 N–H and O–H groups in total. The summed E-state index contributed by atoms with van der Waals surface area (Å²) in [6.07, 6.45) is 25.9. The van der Waals surface area contributed by atoms with Crippen LogP contribution in [0.5, 0.6) is 5.75 Å². The number of rotatable bonds is 19. The summed E-state index contributed by atoms with van der Waals surface area (Å²) in [5, 5.41) is 12.6. The lowest BCUT2D eigenvalue weighted by atomic mass is 10.0. The number of hydrogen-bond donors (Lipinski definition) is 3. The Hall–Kier alpha value is -9.10. The summed E-state index contributed by atoms with van der Waals surface area (Å²) in [6.45, 7) is 7.77. The molecule has 0 aliphatic heterocycles. The quantitative estimate of drug-likeness (QED) is 0.0519. The minimum absolute atomic E-state index is 0.00529. The Balaban J connectivity index is 0.000000182. The Morgan fingerprint density at radius 1 is 0.507 bits per heavy atom. The molecule has 13 nitrogen and oxygen atoms in total. The predicted molar refractivity (Wildman–Crippen MR) is 295 cm³/mol. The van der Waals surface area contributed by atoms with Crippen LogP contribution < -0.4 is 21.9 Å². The maximum atomic E-state index is 12.2. The van der Waals surface area contributed by atoms with Gasteiger partial charge >= 0.3 is 0 Å². The number of ketones is 3. The Morgan fingerprint density at radius 2 is 0.932 bits per heavy atom. The number of nitrogens with two attached hydrogens (primary N) is 3. The molecule has 0 saturated heterocycles. The molecular formula is C60H63N9O4. The number of benzene rings is 5.